The van der Waals surface area contributed by atoms with Gasteiger partial charge in [0.25, 0.3) is 0 Å². The van der Waals surface area contributed by atoms with Crippen LogP contribution in [0.5, 0.6) is 0 Å². The van der Waals surface area contributed by atoms with E-state index >= 15 is 0 Å². The lowest BCUT2D eigenvalue weighted by atomic mass is 10.1. The summed E-state index contributed by atoms with van der Waals surface area (Å²) in [7, 11) is 0. The molecule has 0 saturated carbocycles. The maximum absolute atomic E-state index is 9.33. The molecule has 1 atom stereocenters. The van der Waals surface area contributed by atoms with E-state index in [1.165, 1.54) is 0 Å². The molecule has 0 aromatic carbocycles. The molecule has 3 rings (SSSR count). The van der Waals surface area contributed by atoms with Crippen molar-refractivity contribution in [3.63, 3.8) is 0 Å². The summed E-state index contributed by atoms with van der Waals surface area (Å²) in [5.74, 6) is 2.14. The van der Waals surface area contributed by atoms with E-state index in [9.17, 15) is 5.11 Å². The highest BCUT2D eigenvalue weighted by molar-refractivity contribution is 5.57. The Morgan fingerprint density at radius 2 is 2.04 bits per heavy atom. The number of hydrogen-bond donors (Lipinski definition) is 2. The summed E-state index contributed by atoms with van der Waals surface area (Å²) in [6, 6.07) is 9.28. The first-order valence-corrected chi connectivity index (χ1v) is 7.99. The van der Waals surface area contributed by atoms with Crippen molar-refractivity contribution in [1.82, 2.24) is 15.0 Å². The Hall–Kier alpha value is -2.73. The van der Waals surface area contributed by atoms with Gasteiger partial charge in [0.1, 0.15) is 11.6 Å². The number of rotatable bonds is 7. The van der Waals surface area contributed by atoms with E-state index in [4.69, 9.17) is 4.42 Å². The van der Waals surface area contributed by atoms with Gasteiger partial charge in [-0.1, -0.05) is 6.92 Å². The van der Waals surface area contributed by atoms with Gasteiger partial charge >= 0.3 is 0 Å². The van der Waals surface area contributed by atoms with Gasteiger partial charge in [0, 0.05) is 36.3 Å². The van der Waals surface area contributed by atoms with Gasteiger partial charge in [0.05, 0.1) is 12.3 Å². The SMILES string of the molecule is CCc1cc(NC(CCO)c2ccco2)nc(-c2ccncc2)n1. The molecule has 0 fully saturated rings. The zero-order chi connectivity index (χ0) is 16.8. The number of aromatic nitrogens is 3. The van der Waals surface area contributed by atoms with Gasteiger partial charge in [-0.15, -0.1) is 0 Å². The monoisotopic (exact) mass is 324 g/mol. The van der Waals surface area contributed by atoms with E-state index < -0.39 is 0 Å². The number of aryl methyl sites for hydroxylation is 1. The molecule has 0 saturated heterocycles. The van der Waals surface area contributed by atoms with Gasteiger partial charge in [-0.2, -0.15) is 0 Å². The predicted molar refractivity (Wildman–Crippen MR) is 91.4 cm³/mol. The molecule has 0 aliphatic carbocycles. The summed E-state index contributed by atoms with van der Waals surface area (Å²) in [6.07, 6.45) is 6.41. The number of aliphatic hydroxyl groups is 1. The summed E-state index contributed by atoms with van der Waals surface area (Å²) >= 11 is 0. The minimum Gasteiger partial charge on any atom is -0.467 e. The van der Waals surface area contributed by atoms with Gasteiger partial charge in [0.15, 0.2) is 5.82 Å². The van der Waals surface area contributed by atoms with Crippen LogP contribution in [0, 0.1) is 0 Å². The molecule has 0 radical (unpaired) electrons. The van der Waals surface area contributed by atoms with Crippen LogP contribution in [0.2, 0.25) is 0 Å². The van der Waals surface area contributed by atoms with Crippen molar-refractivity contribution in [3.8, 4) is 11.4 Å². The second-order valence-corrected chi connectivity index (χ2v) is 5.38. The van der Waals surface area contributed by atoms with Gasteiger partial charge in [-0.05, 0) is 37.1 Å². The van der Waals surface area contributed by atoms with E-state index in [0.29, 0.717) is 18.1 Å². The van der Waals surface area contributed by atoms with Crippen molar-refractivity contribution in [2.75, 3.05) is 11.9 Å². The first-order chi connectivity index (χ1) is 11.8. The highest BCUT2D eigenvalue weighted by Gasteiger charge is 2.15. The maximum Gasteiger partial charge on any atom is 0.161 e. The van der Waals surface area contributed by atoms with E-state index in [0.717, 1.165) is 23.4 Å². The van der Waals surface area contributed by atoms with Crippen LogP contribution >= 0.6 is 0 Å². The molecule has 3 aromatic heterocycles. The number of nitrogens with zero attached hydrogens (tertiary/aromatic N) is 3. The van der Waals surface area contributed by atoms with Crippen LogP contribution in [0.3, 0.4) is 0 Å². The van der Waals surface area contributed by atoms with Gasteiger partial charge < -0.3 is 14.8 Å². The van der Waals surface area contributed by atoms with Crippen LogP contribution in [0.4, 0.5) is 5.82 Å². The average molecular weight is 324 g/mol. The van der Waals surface area contributed by atoms with Crippen LogP contribution in [-0.2, 0) is 6.42 Å². The van der Waals surface area contributed by atoms with Crippen LogP contribution in [-0.4, -0.2) is 26.7 Å². The van der Waals surface area contributed by atoms with Crippen LogP contribution in [0.15, 0.2) is 53.4 Å². The lowest BCUT2D eigenvalue weighted by Gasteiger charge is -2.17. The van der Waals surface area contributed by atoms with E-state index in [1.54, 1.807) is 18.7 Å². The molecule has 0 aliphatic heterocycles. The first-order valence-electron chi connectivity index (χ1n) is 7.99. The quantitative estimate of drug-likeness (QED) is 0.694. The van der Waals surface area contributed by atoms with Crippen LogP contribution in [0.1, 0.15) is 30.8 Å². The Kier molecular flexibility index (Phi) is 5.18. The molecule has 0 aliphatic rings. The van der Waals surface area contributed by atoms with Gasteiger partial charge in [-0.3, -0.25) is 4.98 Å². The topological polar surface area (TPSA) is 84.1 Å². The van der Waals surface area contributed by atoms with Crippen molar-refractivity contribution < 1.29 is 9.52 Å². The van der Waals surface area contributed by atoms with Crippen molar-refractivity contribution in [3.05, 3.63) is 60.4 Å². The molecule has 0 spiro atoms. The molecule has 24 heavy (non-hydrogen) atoms. The third-order valence-corrected chi connectivity index (χ3v) is 3.71. The molecule has 0 bridgehead atoms. The normalized spacial score (nSPS) is 12.1. The number of hydrogen-bond acceptors (Lipinski definition) is 6. The fraction of sp³-hybridized carbons (Fsp3) is 0.278. The number of pyridine rings is 1. The van der Waals surface area contributed by atoms with Crippen molar-refractivity contribution in [2.45, 2.75) is 25.8 Å². The molecule has 3 heterocycles. The standard InChI is InChI=1S/C18H20N4O2/c1-2-14-12-17(21-15(7-10-23)16-4-3-11-24-16)22-18(20-14)13-5-8-19-9-6-13/h3-6,8-9,11-12,15,23H,2,7,10H2,1H3,(H,20,21,22). The third kappa shape index (κ3) is 3.78. The highest BCUT2D eigenvalue weighted by Crippen LogP contribution is 2.24. The lowest BCUT2D eigenvalue weighted by Crippen LogP contribution is -2.13. The second-order valence-electron chi connectivity index (χ2n) is 5.38. The fourth-order valence-corrected chi connectivity index (χ4v) is 2.47. The Morgan fingerprint density at radius 1 is 1.21 bits per heavy atom. The smallest absolute Gasteiger partial charge is 0.161 e. The summed E-state index contributed by atoms with van der Waals surface area (Å²) in [5.41, 5.74) is 1.86. The average Bonchev–Trinajstić information content (AvgIpc) is 3.16. The number of furan rings is 1. The largest absolute Gasteiger partial charge is 0.467 e. The van der Waals surface area contributed by atoms with Crippen molar-refractivity contribution in [2.24, 2.45) is 0 Å². The summed E-state index contributed by atoms with van der Waals surface area (Å²) < 4.78 is 5.47. The Balaban J connectivity index is 1.92. The number of anilines is 1. The number of nitrogens with one attached hydrogen (secondary N) is 1. The zero-order valence-electron chi connectivity index (χ0n) is 13.5. The summed E-state index contributed by atoms with van der Waals surface area (Å²) in [4.78, 5) is 13.2. The lowest BCUT2D eigenvalue weighted by molar-refractivity contribution is 0.273. The van der Waals surface area contributed by atoms with E-state index in [-0.39, 0.29) is 12.6 Å². The van der Waals surface area contributed by atoms with E-state index in [1.807, 2.05) is 30.3 Å². The molecule has 124 valence electrons. The molecule has 6 nitrogen and oxygen atoms in total. The second kappa shape index (κ2) is 7.70. The fourth-order valence-electron chi connectivity index (χ4n) is 2.47. The van der Waals surface area contributed by atoms with Crippen LogP contribution in [0.25, 0.3) is 11.4 Å². The molecule has 0 amide bonds. The Morgan fingerprint density at radius 3 is 2.71 bits per heavy atom. The predicted octanol–water partition coefficient (Wildman–Crippen LogP) is 3.23. The first kappa shape index (κ1) is 16.1. The highest BCUT2D eigenvalue weighted by atomic mass is 16.3. The van der Waals surface area contributed by atoms with Crippen LogP contribution < -0.4 is 5.32 Å². The molecule has 2 N–H and O–H groups in total. The Bertz CT molecular complexity index is 760. The zero-order valence-corrected chi connectivity index (χ0v) is 13.5. The Labute approximate surface area is 140 Å². The molecule has 3 aromatic rings. The summed E-state index contributed by atoms with van der Waals surface area (Å²) in [6.45, 7) is 2.11. The molecule has 6 heteroatoms. The maximum atomic E-state index is 9.33. The summed E-state index contributed by atoms with van der Waals surface area (Å²) in [5, 5.41) is 12.7. The van der Waals surface area contributed by atoms with Gasteiger partial charge in [0.2, 0.25) is 0 Å². The number of aliphatic hydroxyl groups excluding tert-OH is 1. The van der Waals surface area contributed by atoms with Crippen molar-refractivity contribution >= 4 is 5.82 Å². The molecular formula is C18H20N4O2. The minimum absolute atomic E-state index is 0.0568. The third-order valence-electron chi connectivity index (χ3n) is 3.71. The van der Waals surface area contributed by atoms with Gasteiger partial charge in [-0.25, -0.2) is 9.97 Å². The molecule has 1 unspecified atom stereocenters. The molecular weight excluding hydrogens is 304 g/mol. The minimum atomic E-state index is -0.144. The van der Waals surface area contributed by atoms with Crippen molar-refractivity contribution in [1.29, 1.82) is 0 Å². The van der Waals surface area contributed by atoms with E-state index in [2.05, 4.69) is 27.2 Å².